The Bertz CT molecular complexity index is 558. The van der Waals surface area contributed by atoms with Crippen molar-refractivity contribution in [2.24, 2.45) is 0 Å². The first-order valence-electron chi connectivity index (χ1n) is 5.60. The Hall–Kier alpha value is -2.31. The molecule has 7 heteroatoms. The average Bonchev–Trinajstić information content (AvgIpc) is 2.89. The van der Waals surface area contributed by atoms with Crippen LogP contribution in [0.15, 0.2) is 12.5 Å². The summed E-state index contributed by atoms with van der Waals surface area (Å²) in [5.41, 5.74) is 7.98. The summed E-state index contributed by atoms with van der Waals surface area (Å²) >= 11 is 0. The number of H-pyrrole nitrogens is 1. The minimum Gasteiger partial charge on any atom is -0.461 e. The van der Waals surface area contributed by atoms with Gasteiger partial charge in [0.2, 0.25) is 0 Å². The number of aromatic nitrogens is 4. The van der Waals surface area contributed by atoms with E-state index in [4.69, 9.17) is 10.5 Å². The van der Waals surface area contributed by atoms with Gasteiger partial charge in [-0.15, -0.1) is 0 Å². The quantitative estimate of drug-likeness (QED) is 0.778. The second-order valence-electron chi connectivity index (χ2n) is 3.85. The minimum atomic E-state index is -0.502. The van der Waals surface area contributed by atoms with Crippen LogP contribution in [0.25, 0.3) is 0 Å². The summed E-state index contributed by atoms with van der Waals surface area (Å²) in [6.45, 7) is 4.47. The van der Waals surface area contributed by atoms with Crippen LogP contribution in [0.2, 0.25) is 0 Å². The summed E-state index contributed by atoms with van der Waals surface area (Å²) in [6, 6.07) is 0. The Morgan fingerprint density at radius 3 is 3.00 bits per heavy atom. The molecule has 0 bridgehead atoms. The minimum absolute atomic E-state index is 0.151. The highest BCUT2D eigenvalue weighted by Gasteiger charge is 2.17. The lowest BCUT2D eigenvalue weighted by Crippen LogP contribution is -2.10. The van der Waals surface area contributed by atoms with Crippen LogP contribution >= 0.6 is 0 Å². The molecule has 7 nitrogen and oxygen atoms in total. The van der Waals surface area contributed by atoms with E-state index in [0.717, 1.165) is 11.3 Å². The van der Waals surface area contributed by atoms with E-state index in [1.165, 1.54) is 6.33 Å². The van der Waals surface area contributed by atoms with E-state index < -0.39 is 5.97 Å². The third-order valence-electron chi connectivity index (χ3n) is 2.62. The predicted molar refractivity (Wildman–Crippen MR) is 65.0 cm³/mol. The molecule has 18 heavy (non-hydrogen) atoms. The smallest absolute Gasteiger partial charge is 0.360 e. The van der Waals surface area contributed by atoms with Gasteiger partial charge in [-0.3, -0.25) is 5.10 Å². The molecule has 0 aliphatic carbocycles. The number of nitrogens with one attached hydrogen (secondary N) is 1. The largest absolute Gasteiger partial charge is 0.461 e. The fraction of sp³-hybridized carbons (Fsp3) is 0.364. The van der Waals surface area contributed by atoms with E-state index >= 15 is 0 Å². The summed E-state index contributed by atoms with van der Waals surface area (Å²) in [5, 5.41) is 6.77. The van der Waals surface area contributed by atoms with Gasteiger partial charge in [-0.05, 0) is 13.8 Å². The Kier molecular flexibility index (Phi) is 3.31. The number of aromatic amines is 1. The van der Waals surface area contributed by atoms with Crippen molar-refractivity contribution in [2.75, 3.05) is 12.3 Å². The molecule has 2 aromatic heterocycles. The van der Waals surface area contributed by atoms with Crippen molar-refractivity contribution < 1.29 is 9.53 Å². The summed E-state index contributed by atoms with van der Waals surface area (Å²) in [7, 11) is 0. The van der Waals surface area contributed by atoms with Crippen LogP contribution in [0.1, 0.15) is 28.7 Å². The Labute approximate surface area is 104 Å². The molecule has 0 spiro atoms. The zero-order chi connectivity index (χ0) is 13.1. The molecule has 0 radical (unpaired) electrons. The number of rotatable bonds is 4. The first-order chi connectivity index (χ1) is 8.63. The number of anilines is 1. The van der Waals surface area contributed by atoms with Crippen LogP contribution in [0.3, 0.4) is 0 Å². The lowest BCUT2D eigenvalue weighted by atomic mass is 10.2. The highest BCUT2D eigenvalue weighted by atomic mass is 16.5. The number of nitrogens with two attached hydrogens (primary N) is 1. The van der Waals surface area contributed by atoms with Gasteiger partial charge in [0.05, 0.1) is 25.7 Å². The van der Waals surface area contributed by atoms with Crippen molar-refractivity contribution in [1.29, 1.82) is 0 Å². The number of ether oxygens (including phenoxy) is 1. The Balaban J connectivity index is 2.21. The summed E-state index contributed by atoms with van der Waals surface area (Å²) in [4.78, 5) is 15.5. The van der Waals surface area contributed by atoms with Gasteiger partial charge < -0.3 is 15.0 Å². The van der Waals surface area contributed by atoms with Gasteiger partial charge in [-0.25, -0.2) is 9.78 Å². The molecule has 0 amide bonds. The van der Waals surface area contributed by atoms with Crippen molar-refractivity contribution in [1.82, 2.24) is 19.7 Å². The molecule has 3 N–H and O–H groups in total. The van der Waals surface area contributed by atoms with Crippen LogP contribution in [0, 0.1) is 6.92 Å². The molecule has 96 valence electrons. The lowest BCUT2D eigenvalue weighted by Gasteiger charge is -2.04. The molecule has 2 aromatic rings. The van der Waals surface area contributed by atoms with Gasteiger partial charge >= 0.3 is 5.97 Å². The fourth-order valence-electron chi connectivity index (χ4n) is 1.59. The van der Waals surface area contributed by atoms with Crippen LogP contribution < -0.4 is 5.73 Å². The Morgan fingerprint density at radius 1 is 1.61 bits per heavy atom. The maximum absolute atomic E-state index is 11.6. The number of aryl methyl sites for hydroxylation is 1. The second kappa shape index (κ2) is 4.91. The third kappa shape index (κ3) is 2.20. The van der Waals surface area contributed by atoms with E-state index in [1.54, 1.807) is 17.7 Å². The van der Waals surface area contributed by atoms with Gasteiger partial charge in [0.1, 0.15) is 5.82 Å². The summed E-state index contributed by atoms with van der Waals surface area (Å²) in [5.74, 6) is -0.202. The summed E-state index contributed by atoms with van der Waals surface area (Å²) in [6.07, 6.45) is 3.24. The number of esters is 1. The molecular weight excluding hydrogens is 234 g/mol. The highest BCUT2D eigenvalue weighted by molar-refractivity contribution is 5.92. The SMILES string of the molecule is CCOC(=O)c1ncn(Cc2cn[nH]c2C)c1N. The second-order valence-corrected chi connectivity index (χ2v) is 3.85. The molecule has 0 aromatic carbocycles. The number of carbonyl (C=O) groups is 1. The van der Waals surface area contributed by atoms with Crippen LogP contribution in [-0.2, 0) is 11.3 Å². The standard InChI is InChI=1S/C11H15N5O2/c1-3-18-11(17)9-10(12)16(6-13-9)5-8-4-14-15-7(8)2/h4,6H,3,5,12H2,1-2H3,(H,14,15). The number of imidazole rings is 1. The first-order valence-corrected chi connectivity index (χ1v) is 5.60. The number of hydrogen-bond acceptors (Lipinski definition) is 5. The normalized spacial score (nSPS) is 10.6. The average molecular weight is 249 g/mol. The van der Waals surface area contributed by atoms with Crippen LogP contribution in [0.4, 0.5) is 5.82 Å². The van der Waals surface area contributed by atoms with Crippen LogP contribution in [0.5, 0.6) is 0 Å². The monoisotopic (exact) mass is 249 g/mol. The first kappa shape index (κ1) is 12.2. The predicted octanol–water partition coefficient (Wildman–Crippen LogP) is 0.722. The third-order valence-corrected chi connectivity index (χ3v) is 2.62. The maximum Gasteiger partial charge on any atom is 0.360 e. The number of hydrogen-bond donors (Lipinski definition) is 2. The fourth-order valence-corrected chi connectivity index (χ4v) is 1.59. The van der Waals surface area contributed by atoms with E-state index in [2.05, 4.69) is 15.2 Å². The summed E-state index contributed by atoms with van der Waals surface area (Å²) < 4.78 is 6.55. The molecule has 0 saturated heterocycles. The molecule has 0 aliphatic heterocycles. The van der Waals surface area contributed by atoms with Crippen molar-refractivity contribution in [2.45, 2.75) is 20.4 Å². The van der Waals surface area contributed by atoms with Gasteiger partial charge in [0, 0.05) is 11.3 Å². The van der Waals surface area contributed by atoms with E-state index in [9.17, 15) is 4.79 Å². The lowest BCUT2D eigenvalue weighted by molar-refractivity contribution is 0.0521. The van der Waals surface area contributed by atoms with Crippen LogP contribution in [-0.4, -0.2) is 32.3 Å². The van der Waals surface area contributed by atoms with Gasteiger partial charge in [0.25, 0.3) is 0 Å². The molecule has 0 atom stereocenters. The topological polar surface area (TPSA) is 98.8 Å². The number of carbonyl (C=O) groups excluding carboxylic acids is 1. The molecule has 0 aliphatic rings. The molecular formula is C11H15N5O2. The molecule has 0 unspecified atom stereocenters. The zero-order valence-corrected chi connectivity index (χ0v) is 10.3. The molecule has 2 rings (SSSR count). The van der Waals surface area contributed by atoms with Gasteiger partial charge in [0.15, 0.2) is 5.69 Å². The van der Waals surface area contributed by atoms with Gasteiger partial charge in [-0.1, -0.05) is 0 Å². The van der Waals surface area contributed by atoms with E-state index in [-0.39, 0.29) is 5.69 Å². The van der Waals surface area contributed by atoms with E-state index in [1.807, 2.05) is 6.92 Å². The highest BCUT2D eigenvalue weighted by Crippen LogP contribution is 2.14. The number of nitrogens with zero attached hydrogens (tertiary/aromatic N) is 3. The van der Waals surface area contributed by atoms with Gasteiger partial charge in [-0.2, -0.15) is 5.10 Å². The molecule has 2 heterocycles. The Morgan fingerprint density at radius 2 is 2.39 bits per heavy atom. The van der Waals surface area contributed by atoms with Crippen molar-refractivity contribution in [3.8, 4) is 0 Å². The van der Waals surface area contributed by atoms with Crippen molar-refractivity contribution in [3.63, 3.8) is 0 Å². The van der Waals surface area contributed by atoms with E-state index in [0.29, 0.717) is 19.0 Å². The van der Waals surface area contributed by atoms with Crippen molar-refractivity contribution >= 4 is 11.8 Å². The van der Waals surface area contributed by atoms with Crippen molar-refractivity contribution in [3.05, 3.63) is 29.5 Å². The zero-order valence-electron chi connectivity index (χ0n) is 10.3. The molecule has 0 fully saturated rings. The maximum atomic E-state index is 11.6. The molecule has 0 saturated carbocycles. The number of nitrogen functional groups attached to an aromatic ring is 1.